The Morgan fingerprint density at radius 2 is 1.63 bits per heavy atom. The number of piperazine rings is 1. The van der Waals surface area contributed by atoms with Crippen LogP contribution >= 0.6 is 11.6 Å². The topological polar surface area (TPSA) is 36.0 Å². The highest BCUT2D eigenvalue weighted by Crippen LogP contribution is 2.21. The number of rotatable bonds is 6. The van der Waals surface area contributed by atoms with Crippen LogP contribution in [0.4, 0.5) is 5.69 Å². The SMILES string of the molecule is CN(C)CCOc1ccc(N2CCN(C(=O)c3ccc(Cl)cc3)CC2)cc1. The van der Waals surface area contributed by atoms with Gasteiger partial charge in [-0.3, -0.25) is 4.79 Å². The molecule has 0 radical (unpaired) electrons. The van der Waals surface area contributed by atoms with Gasteiger partial charge in [0.15, 0.2) is 0 Å². The molecule has 0 N–H and O–H groups in total. The summed E-state index contributed by atoms with van der Waals surface area (Å²) in [7, 11) is 4.06. The lowest BCUT2D eigenvalue weighted by Gasteiger charge is -2.36. The number of carbonyl (C=O) groups excluding carboxylic acids is 1. The third-order valence-electron chi connectivity index (χ3n) is 4.67. The number of hydrogen-bond donors (Lipinski definition) is 0. The van der Waals surface area contributed by atoms with Gasteiger partial charge in [-0.25, -0.2) is 0 Å². The first-order valence-corrected chi connectivity index (χ1v) is 9.58. The van der Waals surface area contributed by atoms with E-state index in [9.17, 15) is 4.79 Å². The fourth-order valence-electron chi connectivity index (χ4n) is 3.04. The first-order valence-electron chi connectivity index (χ1n) is 9.20. The van der Waals surface area contributed by atoms with Crippen molar-refractivity contribution in [2.75, 3.05) is 58.3 Å². The van der Waals surface area contributed by atoms with Crippen molar-refractivity contribution in [3.05, 3.63) is 59.1 Å². The van der Waals surface area contributed by atoms with Gasteiger partial charge in [0.05, 0.1) is 0 Å². The smallest absolute Gasteiger partial charge is 0.253 e. The maximum Gasteiger partial charge on any atom is 0.253 e. The molecule has 0 aromatic heterocycles. The molecule has 0 aliphatic carbocycles. The minimum absolute atomic E-state index is 0.0657. The lowest BCUT2D eigenvalue weighted by Crippen LogP contribution is -2.48. The van der Waals surface area contributed by atoms with Crippen LogP contribution in [-0.4, -0.2) is 69.1 Å². The molecule has 2 aromatic rings. The number of hydrogen-bond acceptors (Lipinski definition) is 4. The van der Waals surface area contributed by atoms with E-state index in [1.165, 1.54) is 0 Å². The average Bonchev–Trinajstić information content (AvgIpc) is 2.68. The van der Waals surface area contributed by atoms with Gasteiger partial charge >= 0.3 is 0 Å². The van der Waals surface area contributed by atoms with Crippen molar-refractivity contribution in [3.8, 4) is 5.75 Å². The summed E-state index contributed by atoms with van der Waals surface area (Å²) in [5.74, 6) is 0.952. The van der Waals surface area contributed by atoms with Crippen molar-refractivity contribution in [2.24, 2.45) is 0 Å². The first kappa shape index (κ1) is 19.5. The van der Waals surface area contributed by atoms with E-state index in [0.717, 1.165) is 31.1 Å². The summed E-state index contributed by atoms with van der Waals surface area (Å²) in [5.41, 5.74) is 1.85. The Balaban J connectivity index is 1.51. The molecule has 1 aliphatic rings. The van der Waals surface area contributed by atoms with Crippen LogP contribution in [0.5, 0.6) is 5.75 Å². The summed E-state index contributed by atoms with van der Waals surface area (Å²) >= 11 is 5.90. The van der Waals surface area contributed by atoms with Gasteiger partial charge in [0.25, 0.3) is 5.91 Å². The highest BCUT2D eigenvalue weighted by atomic mass is 35.5. The van der Waals surface area contributed by atoms with E-state index in [2.05, 4.69) is 21.9 Å². The Hall–Kier alpha value is -2.24. The molecule has 1 heterocycles. The molecule has 0 saturated carbocycles. The standard InChI is InChI=1S/C21H26ClN3O2/c1-23(2)15-16-27-20-9-7-19(8-10-20)24-11-13-25(14-12-24)21(26)17-3-5-18(22)6-4-17/h3-10H,11-16H2,1-2H3. The van der Waals surface area contributed by atoms with Crippen molar-refractivity contribution in [1.29, 1.82) is 0 Å². The van der Waals surface area contributed by atoms with Gasteiger partial charge in [-0.15, -0.1) is 0 Å². The summed E-state index contributed by atoms with van der Waals surface area (Å²) in [5, 5.41) is 0.644. The summed E-state index contributed by atoms with van der Waals surface area (Å²) in [6, 6.07) is 15.3. The second-order valence-electron chi connectivity index (χ2n) is 6.93. The minimum atomic E-state index is 0.0657. The molecule has 0 atom stereocenters. The molecular formula is C21H26ClN3O2. The number of anilines is 1. The lowest BCUT2D eigenvalue weighted by molar-refractivity contribution is 0.0747. The number of ether oxygens (including phenoxy) is 1. The number of halogens is 1. The third-order valence-corrected chi connectivity index (χ3v) is 4.92. The van der Waals surface area contributed by atoms with Crippen molar-refractivity contribution < 1.29 is 9.53 Å². The summed E-state index contributed by atoms with van der Waals surface area (Å²) in [6.07, 6.45) is 0. The monoisotopic (exact) mass is 387 g/mol. The molecule has 5 nitrogen and oxygen atoms in total. The Kier molecular flexibility index (Phi) is 6.58. The van der Waals surface area contributed by atoms with E-state index in [4.69, 9.17) is 16.3 Å². The van der Waals surface area contributed by atoms with E-state index in [-0.39, 0.29) is 5.91 Å². The second kappa shape index (κ2) is 9.11. The highest BCUT2D eigenvalue weighted by molar-refractivity contribution is 6.30. The largest absolute Gasteiger partial charge is 0.492 e. The molecule has 27 heavy (non-hydrogen) atoms. The van der Waals surface area contributed by atoms with Crippen LogP contribution in [-0.2, 0) is 0 Å². The summed E-state index contributed by atoms with van der Waals surface area (Å²) < 4.78 is 5.74. The van der Waals surface area contributed by atoms with Gasteiger partial charge < -0.3 is 19.4 Å². The normalized spacial score (nSPS) is 14.5. The molecule has 0 unspecified atom stereocenters. The molecule has 0 bridgehead atoms. The van der Waals surface area contributed by atoms with Crippen molar-refractivity contribution in [1.82, 2.24) is 9.80 Å². The van der Waals surface area contributed by atoms with E-state index >= 15 is 0 Å². The van der Waals surface area contributed by atoms with E-state index in [1.807, 2.05) is 31.1 Å². The van der Waals surface area contributed by atoms with Crippen LogP contribution in [0.3, 0.4) is 0 Å². The fraction of sp³-hybridized carbons (Fsp3) is 0.381. The molecule has 1 amide bonds. The van der Waals surface area contributed by atoms with Gasteiger partial charge in [-0.1, -0.05) is 11.6 Å². The van der Waals surface area contributed by atoms with Crippen LogP contribution in [0.1, 0.15) is 10.4 Å². The quantitative estimate of drug-likeness (QED) is 0.762. The molecule has 0 spiro atoms. The van der Waals surface area contributed by atoms with E-state index in [0.29, 0.717) is 30.3 Å². The fourth-order valence-corrected chi connectivity index (χ4v) is 3.17. The number of nitrogens with zero attached hydrogens (tertiary/aromatic N) is 3. The molecule has 6 heteroatoms. The first-order chi connectivity index (χ1) is 13.0. The Bertz CT molecular complexity index is 739. The zero-order chi connectivity index (χ0) is 19.2. The maximum absolute atomic E-state index is 12.6. The Labute approximate surface area is 166 Å². The van der Waals surface area contributed by atoms with Gasteiger partial charge in [0.1, 0.15) is 12.4 Å². The molecule has 1 fully saturated rings. The Morgan fingerprint density at radius 1 is 1.00 bits per heavy atom. The van der Waals surface area contributed by atoms with E-state index in [1.54, 1.807) is 24.3 Å². The van der Waals surface area contributed by atoms with Crippen LogP contribution in [0.15, 0.2) is 48.5 Å². The van der Waals surface area contributed by atoms with Gasteiger partial charge in [0.2, 0.25) is 0 Å². The molecule has 1 aliphatic heterocycles. The van der Waals surface area contributed by atoms with Crippen LogP contribution in [0.25, 0.3) is 0 Å². The van der Waals surface area contributed by atoms with Crippen LogP contribution < -0.4 is 9.64 Å². The van der Waals surface area contributed by atoms with Gasteiger partial charge in [0, 0.05) is 49.0 Å². The molecule has 144 valence electrons. The highest BCUT2D eigenvalue weighted by Gasteiger charge is 2.22. The van der Waals surface area contributed by atoms with Crippen molar-refractivity contribution >= 4 is 23.2 Å². The third kappa shape index (κ3) is 5.37. The number of benzene rings is 2. The van der Waals surface area contributed by atoms with Gasteiger partial charge in [-0.05, 0) is 62.6 Å². The molecular weight excluding hydrogens is 362 g/mol. The predicted molar refractivity (Wildman–Crippen MR) is 110 cm³/mol. The molecule has 3 rings (SSSR count). The second-order valence-corrected chi connectivity index (χ2v) is 7.37. The maximum atomic E-state index is 12.6. The van der Waals surface area contributed by atoms with E-state index < -0.39 is 0 Å². The lowest BCUT2D eigenvalue weighted by atomic mass is 10.1. The van der Waals surface area contributed by atoms with Crippen LogP contribution in [0, 0.1) is 0 Å². The van der Waals surface area contributed by atoms with Crippen molar-refractivity contribution in [3.63, 3.8) is 0 Å². The molecule has 1 saturated heterocycles. The average molecular weight is 388 g/mol. The zero-order valence-electron chi connectivity index (χ0n) is 15.9. The number of carbonyl (C=O) groups is 1. The van der Waals surface area contributed by atoms with Crippen LogP contribution in [0.2, 0.25) is 5.02 Å². The minimum Gasteiger partial charge on any atom is -0.492 e. The zero-order valence-corrected chi connectivity index (χ0v) is 16.7. The number of amides is 1. The Morgan fingerprint density at radius 3 is 2.22 bits per heavy atom. The van der Waals surface area contributed by atoms with Crippen molar-refractivity contribution in [2.45, 2.75) is 0 Å². The predicted octanol–water partition coefficient (Wildman–Crippen LogP) is 3.24. The molecule has 2 aromatic carbocycles. The summed E-state index contributed by atoms with van der Waals surface area (Å²) in [4.78, 5) is 18.9. The number of likely N-dealkylation sites (N-methyl/N-ethyl adjacent to an activating group) is 1. The summed E-state index contributed by atoms with van der Waals surface area (Å²) in [6.45, 7) is 4.63. The van der Waals surface area contributed by atoms with Gasteiger partial charge in [-0.2, -0.15) is 0 Å².